The maximum Gasteiger partial charge on any atom is 0.405 e. The third-order valence-electron chi connectivity index (χ3n) is 6.26. The van der Waals surface area contributed by atoms with Gasteiger partial charge in [-0.1, -0.05) is 45.0 Å². The average molecular weight is 498 g/mol. The normalized spacial score (nSPS) is 19.1. The van der Waals surface area contributed by atoms with Crippen LogP contribution in [0.3, 0.4) is 0 Å². The molecule has 1 saturated heterocycles. The first-order chi connectivity index (χ1) is 16.5. The van der Waals surface area contributed by atoms with E-state index < -0.39 is 29.7 Å². The van der Waals surface area contributed by atoms with E-state index in [2.05, 4.69) is 44.5 Å². The maximum absolute atomic E-state index is 13.4. The highest BCUT2D eigenvalue weighted by Gasteiger charge is 2.43. The Morgan fingerprint density at radius 2 is 1.97 bits per heavy atom. The number of aliphatic hydroxyl groups is 1. The minimum atomic E-state index is -1.26. The number of hydrogen-bond acceptors (Lipinski definition) is 6. The lowest BCUT2D eigenvalue weighted by molar-refractivity contribution is -0.137. The summed E-state index contributed by atoms with van der Waals surface area (Å²) >= 11 is 1.62. The third kappa shape index (κ3) is 5.54. The molecule has 1 unspecified atom stereocenters. The number of aromatic amines is 1. The molecular weight excluding hydrogens is 466 g/mol. The molecule has 1 aromatic carbocycles. The lowest BCUT2D eigenvalue weighted by Crippen LogP contribution is -2.54. The number of aryl methyl sites for hydroxylation is 1. The van der Waals surface area contributed by atoms with Gasteiger partial charge in [-0.25, -0.2) is 14.8 Å². The first-order valence-electron chi connectivity index (χ1n) is 11.5. The first kappa shape index (κ1) is 24.9. The van der Waals surface area contributed by atoms with Crippen molar-refractivity contribution in [2.75, 3.05) is 6.54 Å². The highest BCUT2D eigenvalue weighted by atomic mass is 32.1. The van der Waals surface area contributed by atoms with Gasteiger partial charge in [0.15, 0.2) is 0 Å². The van der Waals surface area contributed by atoms with Crippen LogP contribution in [0.2, 0.25) is 0 Å². The number of hydrogen-bond donors (Lipinski definition) is 4. The van der Waals surface area contributed by atoms with E-state index in [0.717, 1.165) is 27.4 Å². The SMILES string of the molecule is Cc1ncsc1-c1ccc(Cc2cnc([C@@H]3C[C@@H](O)CN3C(=O)C(NC(=O)O)C(C)(C)C)[nH]2)cc1. The van der Waals surface area contributed by atoms with Crippen LogP contribution < -0.4 is 5.32 Å². The summed E-state index contributed by atoms with van der Waals surface area (Å²) in [6, 6.07) is 6.93. The van der Waals surface area contributed by atoms with Crippen molar-refractivity contribution in [2.24, 2.45) is 5.41 Å². The number of nitrogens with one attached hydrogen (secondary N) is 2. The minimum Gasteiger partial charge on any atom is -0.465 e. The van der Waals surface area contributed by atoms with Crippen molar-refractivity contribution in [3.63, 3.8) is 0 Å². The Labute approximate surface area is 208 Å². The molecule has 0 radical (unpaired) electrons. The van der Waals surface area contributed by atoms with E-state index in [1.54, 1.807) is 38.3 Å². The van der Waals surface area contributed by atoms with E-state index in [9.17, 15) is 19.8 Å². The third-order valence-corrected chi connectivity index (χ3v) is 7.24. The summed E-state index contributed by atoms with van der Waals surface area (Å²) in [5.41, 5.74) is 5.38. The fourth-order valence-electron chi connectivity index (χ4n) is 4.46. The molecule has 0 saturated carbocycles. The van der Waals surface area contributed by atoms with Crippen LogP contribution in [0.1, 0.15) is 56.0 Å². The zero-order valence-electron chi connectivity index (χ0n) is 20.3. The van der Waals surface area contributed by atoms with Gasteiger partial charge in [0.1, 0.15) is 11.9 Å². The maximum atomic E-state index is 13.4. The number of H-pyrrole nitrogens is 1. The van der Waals surface area contributed by atoms with Crippen molar-refractivity contribution in [1.29, 1.82) is 0 Å². The molecule has 2 aromatic heterocycles. The average Bonchev–Trinajstić information content (AvgIpc) is 3.51. The molecular formula is C25H31N5O4S. The smallest absolute Gasteiger partial charge is 0.405 e. The quantitative estimate of drug-likeness (QED) is 0.410. The number of aliphatic hydroxyl groups excluding tert-OH is 1. The zero-order valence-corrected chi connectivity index (χ0v) is 21.1. The zero-order chi connectivity index (χ0) is 25.3. The number of amides is 2. The number of carbonyl (C=O) groups is 2. The Balaban J connectivity index is 1.50. The monoisotopic (exact) mass is 497 g/mol. The number of aromatic nitrogens is 3. The molecule has 10 heteroatoms. The number of β-amino-alcohol motifs (C(OH)–C–C–N with tert-alkyl or cyclic N) is 1. The number of nitrogens with zero attached hydrogens (tertiary/aromatic N) is 3. The molecule has 0 spiro atoms. The number of carboxylic acid groups (broad SMARTS) is 1. The van der Waals surface area contributed by atoms with Gasteiger partial charge < -0.3 is 25.4 Å². The molecule has 3 heterocycles. The predicted molar refractivity (Wildman–Crippen MR) is 133 cm³/mol. The van der Waals surface area contributed by atoms with Gasteiger partial charge in [-0.05, 0) is 23.5 Å². The molecule has 9 nitrogen and oxygen atoms in total. The number of carbonyl (C=O) groups excluding carboxylic acids is 1. The predicted octanol–water partition coefficient (Wildman–Crippen LogP) is 3.75. The molecule has 0 bridgehead atoms. The second-order valence-corrected chi connectivity index (χ2v) is 10.9. The van der Waals surface area contributed by atoms with E-state index in [1.807, 2.05) is 12.4 Å². The molecule has 3 atom stereocenters. The van der Waals surface area contributed by atoms with Crippen LogP contribution in [0.5, 0.6) is 0 Å². The van der Waals surface area contributed by atoms with Crippen LogP contribution in [0.15, 0.2) is 36.0 Å². The molecule has 35 heavy (non-hydrogen) atoms. The Morgan fingerprint density at radius 1 is 1.26 bits per heavy atom. The van der Waals surface area contributed by atoms with Crippen LogP contribution >= 0.6 is 11.3 Å². The fourth-order valence-corrected chi connectivity index (χ4v) is 5.27. The van der Waals surface area contributed by atoms with Gasteiger partial charge in [0.25, 0.3) is 0 Å². The summed E-state index contributed by atoms with van der Waals surface area (Å²) in [5.74, 6) is 0.220. The highest BCUT2D eigenvalue weighted by Crippen LogP contribution is 2.34. The van der Waals surface area contributed by atoms with Crippen molar-refractivity contribution < 1.29 is 19.8 Å². The molecule has 0 aliphatic carbocycles. The molecule has 3 aromatic rings. The van der Waals surface area contributed by atoms with Crippen molar-refractivity contribution >= 4 is 23.3 Å². The lowest BCUT2D eigenvalue weighted by Gasteiger charge is -2.34. The van der Waals surface area contributed by atoms with Crippen LogP contribution in [0.25, 0.3) is 10.4 Å². The Bertz CT molecular complexity index is 1200. The molecule has 186 valence electrons. The topological polar surface area (TPSA) is 131 Å². The fraction of sp³-hybridized carbons (Fsp3) is 0.440. The number of thiazole rings is 1. The van der Waals surface area contributed by atoms with Gasteiger partial charge in [0.2, 0.25) is 5.91 Å². The van der Waals surface area contributed by atoms with E-state index in [-0.39, 0.29) is 12.5 Å². The molecule has 1 fully saturated rings. The largest absolute Gasteiger partial charge is 0.465 e. The summed E-state index contributed by atoms with van der Waals surface area (Å²) in [6.07, 6.45) is 0.771. The Kier molecular flexibility index (Phi) is 6.95. The van der Waals surface area contributed by atoms with Crippen LogP contribution in [0.4, 0.5) is 4.79 Å². The van der Waals surface area contributed by atoms with Crippen molar-refractivity contribution in [2.45, 2.75) is 58.7 Å². The second-order valence-electron chi connectivity index (χ2n) is 10.1. The van der Waals surface area contributed by atoms with Gasteiger partial charge in [0, 0.05) is 31.3 Å². The van der Waals surface area contributed by atoms with Crippen molar-refractivity contribution in [1.82, 2.24) is 25.2 Å². The summed E-state index contributed by atoms with van der Waals surface area (Å²) in [7, 11) is 0. The second kappa shape index (κ2) is 9.79. The van der Waals surface area contributed by atoms with Gasteiger partial charge in [0.05, 0.1) is 28.2 Å². The summed E-state index contributed by atoms with van der Waals surface area (Å²) < 4.78 is 0. The van der Waals surface area contributed by atoms with E-state index >= 15 is 0 Å². The number of benzene rings is 1. The molecule has 4 N–H and O–H groups in total. The van der Waals surface area contributed by atoms with Crippen molar-refractivity contribution in [3.8, 4) is 10.4 Å². The number of imidazole rings is 1. The van der Waals surface area contributed by atoms with E-state index in [4.69, 9.17) is 0 Å². The first-order valence-corrected chi connectivity index (χ1v) is 12.4. The van der Waals surface area contributed by atoms with Crippen LogP contribution in [-0.4, -0.2) is 60.8 Å². The number of rotatable bonds is 6. The summed E-state index contributed by atoms with van der Waals surface area (Å²) in [5, 5.41) is 21.9. The standard InChI is InChI=1S/C25H31N5O4S/c1-14-20(35-13-27-14)16-7-5-15(6-8-16)9-17-11-26-22(28-17)19-10-18(31)12-30(19)23(32)21(25(2,3)4)29-24(33)34/h5-8,11,13,18-19,21,29,31H,9-10,12H2,1-4H3,(H,26,28)(H,33,34)/t18-,19+,21?/m1/s1. The van der Waals surface area contributed by atoms with Crippen molar-refractivity contribution in [3.05, 3.63) is 58.7 Å². The van der Waals surface area contributed by atoms with Crippen LogP contribution in [0, 0.1) is 12.3 Å². The molecule has 1 aliphatic heterocycles. The Morgan fingerprint density at radius 3 is 2.57 bits per heavy atom. The van der Waals surface area contributed by atoms with Gasteiger partial charge in [-0.2, -0.15) is 0 Å². The highest BCUT2D eigenvalue weighted by molar-refractivity contribution is 7.13. The number of likely N-dealkylation sites (tertiary alicyclic amines) is 1. The van der Waals surface area contributed by atoms with Gasteiger partial charge in [-0.3, -0.25) is 4.79 Å². The lowest BCUT2D eigenvalue weighted by atomic mass is 9.85. The summed E-state index contributed by atoms with van der Waals surface area (Å²) in [6.45, 7) is 7.55. The molecule has 2 amide bonds. The molecule has 1 aliphatic rings. The van der Waals surface area contributed by atoms with Gasteiger partial charge in [-0.15, -0.1) is 11.3 Å². The van der Waals surface area contributed by atoms with Gasteiger partial charge >= 0.3 is 6.09 Å². The summed E-state index contributed by atoms with van der Waals surface area (Å²) in [4.78, 5) is 39.5. The Hall–Kier alpha value is -3.24. The molecule has 4 rings (SSSR count). The van der Waals surface area contributed by atoms with E-state index in [1.165, 1.54) is 4.90 Å². The minimum absolute atomic E-state index is 0.131. The van der Waals surface area contributed by atoms with Crippen LogP contribution in [-0.2, 0) is 11.2 Å². The van der Waals surface area contributed by atoms with E-state index in [0.29, 0.717) is 18.7 Å².